The lowest BCUT2D eigenvalue weighted by Crippen LogP contribution is -2.10. The van der Waals surface area contributed by atoms with Crippen LogP contribution in [0.5, 0.6) is 0 Å². The van der Waals surface area contributed by atoms with Gasteiger partial charge in [0.2, 0.25) is 0 Å². The van der Waals surface area contributed by atoms with E-state index in [1.807, 2.05) is 4.91 Å². The predicted octanol–water partition coefficient (Wildman–Crippen LogP) is 4.07. The first-order valence-corrected chi connectivity index (χ1v) is 3.89. The van der Waals surface area contributed by atoms with Crippen LogP contribution in [0.2, 0.25) is 0 Å². The molecule has 0 spiro atoms. The molecule has 0 bridgehead atoms. The second kappa shape index (κ2) is 3.97. The minimum absolute atomic E-state index is 0.496. The summed E-state index contributed by atoms with van der Waals surface area (Å²) in [5.74, 6) is 0. The van der Waals surface area contributed by atoms with E-state index >= 15 is 0 Å². The highest BCUT2D eigenvalue weighted by Crippen LogP contribution is 2.33. The molecular weight excluding hydrogens is 233 g/mol. The summed E-state index contributed by atoms with van der Waals surface area (Å²) in [6.45, 7) is 0. The Morgan fingerprint density at radius 1 is 0.938 bits per heavy atom. The lowest BCUT2D eigenvalue weighted by molar-refractivity contribution is -0.137. The molecule has 0 aliphatic heterocycles. The van der Waals surface area contributed by atoms with Crippen LogP contribution in [-0.4, -0.2) is 0 Å². The molecule has 0 fully saturated rings. The van der Waals surface area contributed by atoms with Gasteiger partial charge in [-0.1, -0.05) is 12.1 Å². The molecule has 8 heteroatoms. The summed E-state index contributed by atoms with van der Waals surface area (Å²) in [6.07, 6.45) is -4.59. The van der Waals surface area contributed by atoms with Crippen molar-refractivity contribution in [3.63, 3.8) is 0 Å². The molecule has 0 atom stereocenters. The molecule has 0 saturated carbocycles. The van der Waals surface area contributed by atoms with E-state index in [0.717, 1.165) is 0 Å². The molecule has 0 aromatic heterocycles. The van der Waals surface area contributed by atoms with Gasteiger partial charge in [0.1, 0.15) is 0 Å². The number of alkyl halides is 5. The highest BCUT2D eigenvalue weighted by Gasteiger charge is 2.33. The molecule has 1 aromatic carbocycles. The normalized spacial score (nSPS) is 12.1. The van der Waals surface area contributed by atoms with Gasteiger partial charge in [0, 0.05) is 10.5 Å². The zero-order valence-electron chi connectivity index (χ0n) is 7.54. The molecule has 0 radical (unpaired) electrons. The van der Waals surface area contributed by atoms with Crippen LogP contribution in [0, 0.1) is 0 Å². The van der Waals surface area contributed by atoms with E-state index in [2.05, 4.69) is 5.11 Å². The minimum atomic E-state index is -4.59. The monoisotopic (exact) mass is 237 g/mol. The van der Waals surface area contributed by atoms with Gasteiger partial charge < -0.3 is 0 Å². The maximum Gasteiger partial charge on any atom is 0.416 e. The van der Waals surface area contributed by atoms with Gasteiger partial charge in [-0.2, -0.15) is 22.0 Å². The van der Waals surface area contributed by atoms with E-state index in [-0.39, 0.29) is 0 Å². The molecular formula is C8H4F5N3. The maximum absolute atomic E-state index is 12.9. The molecule has 16 heavy (non-hydrogen) atoms. The SMILES string of the molecule is [N-]=[N+]=NC(F)(F)c1ccc(C(F)(F)F)cc1. The summed E-state index contributed by atoms with van der Waals surface area (Å²) < 4.78 is 62.1. The van der Waals surface area contributed by atoms with Gasteiger partial charge in [-0.3, -0.25) is 0 Å². The zero-order chi connectivity index (χ0) is 12.4. The second-order valence-electron chi connectivity index (χ2n) is 2.81. The highest BCUT2D eigenvalue weighted by molar-refractivity contribution is 5.27. The van der Waals surface area contributed by atoms with Gasteiger partial charge in [-0.15, -0.1) is 0 Å². The molecule has 86 valence electrons. The van der Waals surface area contributed by atoms with Gasteiger partial charge >= 0.3 is 12.2 Å². The van der Waals surface area contributed by atoms with Crippen LogP contribution < -0.4 is 0 Å². The molecule has 0 heterocycles. The summed E-state index contributed by atoms with van der Waals surface area (Å²) in [6, 6.07) is -1.72. The van der Waals surface area contributed by atoms with Crippen molar-refractivity contribution in [2.75, 3.05) is 0 Å². The molecule has 1 rings (SSSR count). The van der Waals surface area contributed by atoms with E-state index in [1.54, 1.807) is 0 Å². The molecule has 1 aromatic rings. The number of hydrogen-bond acceptors (Lipinski definition) is 1. The van der Waals surface area contributed by atoms with Crippen LogP contribution in [0.15, 0.2) is 29.4 Å². The fraction of sp³-hybridized carbons (Fsp3) is 0.250. The molecule has 3 nitrogen and oxygen atoms in total. The quantitative estimate of drug-likeness (QED) is 0.245. The summed E-state index contributed by atoms with van der Waals surface area (Å²) >= 11 is 0. The lowest BCUT2D eigenvalue weighted by atomic mass is 10.1. The van der Waals surface area contributed by atoms with Crippen molar-refractivity contribution < 1.29 is 22.0 Å². The van der Waals surface area contributed by atoms with E-state index in [1.165, 1.54) is 0 Å². The van der Waals surface area contributed by atoms with Gasteiger partial charge in [-0.05, 0) is 22.8 Å². The van der Waals surface area contributed by atoms with E-state index in [0.29, 0.717) is 24.3 Å². The summed E-state index contributed by atoms with van der Waals surface area (Å²) in [5, 5.41) is 2.18. The fourth-order valence-corrected chi connectivity index (χ4v) is 0.974. The van der Waals surface area contributed by atoms with E-state index < -0.39 is 23.3 Å². The third-order valence-corrected chi connectivity index (χ3v) is 1.73. The highest BCUT2D eigenvalue weighted by atomic mass is 19.4. The lowest BCUT2D eigenvalue weighted by Gasteiger charge is -2.11. The Labute approximate surface area is 86.1 Å². The summed E-state index contributed by atoms with van der Waals surface area (Å²) in [4.78, 5) is 1.91. The minimum Gasteiger partial charge on any atom is -0.195 e. The van der Waals surface area contributed by atoms with Crippen LogP contribution in [0.3, 0.4) is 0 Å². The van der Waals surface area contributed by atoms with Crippen LogP contribution in [-0.2, 0) is 12.2 Å². The van der Waals surface area contributed by atoms with E-state index in [4.69, 9.17) is 5.53 Å². The smallest absolute Gasteiger partial charge is 0.195 e. The summed E-state index contributed by atoms with van der Waals surface area (Å²) in [5.41, 5.74) is 6.00. The number of hydrogen-bond donors (Lipinski definition) is 0. The van der Waals surface area contributed by atoms with Gasteiger partial charge in [-0.25, -0.2) is 0 Å². The molecule has 0 saturated heterocycles. The van der Waals surface area contributed by atoms with Gasteiger partial charge in [0.05, 0.1) is 5.56 Å². The van der Waals surface area contributed by atoms with Crippen LogP contribution in [0.25, 0.3) is 10.4 Å². The first-order chi connectivity index (χ1) is 7.27. The van der Waals surface area contributed by atoms with Crippen LogP contribution >= 0.6 is 0 Å². The molecule has 0 amide bonds. The average Bonchev–Trinajstić information content (AvgIpc) is 2.16. The first kappa shape index (κ1) is 12.3. The number of benzene rings is 1. The Bertz CT molecular complexity index is 416. The van der Waals surface area contributed by atoms with Crippen LogP contribution in [0.4, 0.5) is 22.0 Å². The third-order valence-electron chi connectivity index (χ3n) is 1.73. The Balaban J connectivity index is 3.09. The van der Waals surface area contributed by atoms with Crippen molar-refractivity contribution in [1.82, 2.24) is 0 Å². The maximum atomic E-state index is 12.9. The average molecular weight is 237 g/mol. The Morgan fingerprint density at radius 3 is 1.75 bits per heavy atom. The molecule has 0 aliphatic rings. The Morgan fingerprint density at radius 2 is 1.38 bits per heavy atom. The Hall–Kier alpha value is -1.82. The first-order valence-electron chi connectivity index (χ1n) is 3.89. The second-order valence-corrected chi connectivity index (χ2v) is 2.81. The fourth-order valence-electron chi connectivity index (χ4n) is 0.974. The number of halogens is 5. The Kier molecular flexibility index (Phi) is 3.04. The number of rotatable bonds is 2. The molecule has 0 N–H and O–H groups in total. The van der Waals surface area contributed by atoms with Crippen molar-refractivity contribution in [2.24, 2.45) is 5.11 Å². The number of nitrogens with zero attached hydrogens (tertiary/aromatic N) is 3. The van der Waals surface area contributed by atoms with Crippen molar-refractivity contribution in [1.29, 1.82) is 0 Å². The topological polar surface area (TPSA) is 48.8 Å². The number of azide groups is 1. The van der Waals surface area contributed by atoms with Crippen molar-refractivity contribution in [2.45, 2.75) is 12.2 Å². The van der Waals surface area contributed by atoms with E-state index in [9.17, 15) is 22.0 Å². The van der Waals surface area contributed by atoms with Crippen LogP contribution in [0.1, 0.15) is 11.1 Å². The summed E-state index contributed by atoms with van der Waals surface area (Å²) in [7, 11) is 0. The van der Waals surface area contributed by atoms with Gasteiger partial charge in [0.15, 0.2) is 0 Å². The van der Waals surface area contributed by atoms with Gasteiger partial charge in [0.25, 0.3) is 0 Å². The van der Waals surface area contributed by atoms with Crippen molar-refractivity contribution >= 4 is 0 Å². The largest absolute Gasteiger partial charge is 0.416 e. The third kappa shape index (κ3) is 2.60. The molecule has 0 unspecified atom stereocenters. The standard InChI is InChI=1S/C8H4F5N3/c9-7(10,11)5-1-3-6(4-2-5)8(12,13)15-16-14/h1-4H. The molecule has 0 aliphatic carbocycles. The van der Waals surface area contributed by atoms with Crippen molar-refractivity contribution in [3.8, 4) is 0 Å². The zero-order valence-corrected chi connectivity index (χ0v) is 7.54. The van der Waals surface area contributed by atoms with Crippen molar-refractivity contribution in [3.05, 3.63) is 45.8 Å². The predicted molar refractivity (Wildman–Crippen MR) is 44.5 cm³/mol.